The standard InChI is InChI=1S/C19H25N5O2S/c1-22-13-20-21-17(22)14-5-2-8-23(11-14)18(25)15-6-3-9-24(12-15)19(26)16-7-4-10-27-16/h4,7,10,13-15H,2-3,5-6,8-9,11-12H2,1H3/t14-,15+/m0/s1. The van der Waals surface area contributed by atoms with E-state index in [-0.39, 0.29) is 23.7 Å². The zero-order valence-corrected chi connectivity index (χ0v) is 16.4. The molecule has 0 N–H and O–H groups in total. The van der Waals surface area contributed by atoms with Gasteiger partial charge in [-0.2, -0.15) is 0 Å². The van der Waals surface area contributed by atoms with E-state index in [4.69, 9.17) is 0 Å². The van der Waals surface area contributed by atoms with Crippen LogP contribution in [0.3, 0.4) is 0 Å². The van der Waals surface area contributed by atoms with E-state index in [0.29, 0.717) is 13.1 Å². The lowest BCUT2D eigenvalue weighted by Crippen LogP contribution is -2.49. The van der Waals surface area contributed by atoms with E-state index >= 15 is 0 Å². The molecule has 0 unspecified atom stereocenters. The Kier molecular flexibility index (Phi) is 5.24. The number of hydrogen-bond donors (Lipinski definition) is 0. The number of aromatic nitrogens is 3. The Labute approximate surface area is 163 Å². The number of piperidine rings is 2. The van der Waals surface area contributed by atoms with Gasteiger partial charge in [-0.1, -0.05) is 6.07 Å². The Hall–Kier alpha value is -2.22. The first-order valence-electron chi connectivity index (χ1n) is 9.59. The number of rotatable bonds is 3. The fourth-order valence-corrected chi connectivity index (χ4v) is 4.92. The summed E-state index contributed by atoms with van der Waals surface area (Å²) in [6.45, 7) is 2.76. The van der Waals surface area contributed by atoms with Crippen molar-refractivity contribution in [2.45, 2.75) is 31.6 Å². The molecule has 4 rings (SSSR count). The largest absolute Gasteiger partial charge is 0.342 e. The summed E-state index contributed by atoms with van der Waals surface area (Å²) in [5.41, 5.74) is 0. The van der Waals surface area contributed by atoms with Crippen LogP contribution in [-0.2, 0) is 11.8 Å². The number of likely N-dealkylation sites (tertiary alicyclic amines) is 2. The van der Waals surface area contributed by atoms with Crippen LogP contribution >= 0.6 is 11.3 Å². The molecular weight excluding hydrogens is 362 g/mol. The van der Waals surface area contributed by atoms with Crippen molar-refractivity contribution in [3.05, 3.63) is 34.5 Å². The van der Waals surface area contributed by atoms with Gasteiger partial charge in [-0.15, -0.1) is 21.5 Å². The van der Waals surface area contributed by atoms with Crippen molar-refractivity contribution in [3.8, 4) is 0 Å². The molecular formula is C19H25N5O2S. The van der Waals surface area contributed by atoms with E-state index in [1.54, 1.807) is 6.33 Å². The number of amides is 2. The van der Waals surface area contributed by atoms with Crippen LogP contribution in [0.25, 0.3) is 0 Å². The molecule has 2 aromatic heterocycles. The molecule has 0 aromatic carbocycles. The van der Waals surface area contributed by atoms with Crippen LogP contribution in [0.2, 0.25) is 0 Å². The Morgan fingerprint density at radius 2 is 1.96 bits per heavy atom. The predicted octanol–water partition coefficient (Wildman–Crippen LogP) is 2.13. The summed E-state index contributed by atoms with van der Waals surface area (Å²) >= 11 is 1.46. The van der Waals surface area contributed by atoms with Crippen LogP contribution in [0.15, 0.2) is 23.8 Å². The lowest BCUT2D eigenvalue weighted by atomic mass is 9.92. The smallest absolute Gasteiger partial charge is 0.263 e. The summed E-state index contributed by atoms with van der Waals surface area (Å²) in [6.07, 6.45) is 5.47. The van der Waals surface area contributed by atoms with Gasteiger partial charge in [-0.3, -0.25) is 9.59 Å². The van der Waals surface area contributed by atoms with Crippen LogP contribution in [0, 0.1) is 5.92 Å². The average Bonchev–Trinajstić information content (AvgIpc) is 3.39. The first-order valence-corrected chi connectivity index (χ1v) is 10.5. The molecule has 2 aliphatic rings. The fraction of sp³-hybridized carbons (Fsp3) is 0.579. The summed E-state index contributed by atoms with van der Waals surface area (Å²) < 4.78 is 1.95. The van der Waals surface area contributed by atoms with Crippen LogP contribution in [0.5, 0.6) is 0 Å². The Balaban J connectivity index is 1.41. The molecule has 0 bridgehead atoms. The van der Waals surface area contributed by atoms with Gasteiger partial charge >= 0.3 is 0 Å². The van der Waals surface area contributed by atoms with Crippen molar-refractivity contribution in [1.29, 1.82) is 0 Å². The average molecular weight is 388 g/mol. The van der Waals surface area contributed by atoms with Crippen molar-refractivity contribution in [3.63, 3.8) is 0 Å². The molecule has 0 aliphatic carbocycles. The lowest BCUT2D eigenvalue weighted by Gasteiger charge is -2.38. The molecule has 7 nitrogen and oxygen atoms in total. The summed E-state index contributed by atoms with van der Waals surface area (Å²) in [7, 11) is 1.95. The van der Waals surface area contributed by atoms with E-state index < -0.39 is 0 Å². The molecule has 0 spiro atoms. The maximum absolute atomic E-state index is 13.2. The molecule has 27 heavy (non-hydrogen) atoms. The predicted molar refractivity (Wildman–Crippen MR) is 103 cm³/mol. The highest BCUT2D eigenvalue weighted by Gasteiger charge is 2.34. The molecule has 2 amide bonds. The maximum Gasteiger partial charge on any atom is 0.263 e. The Morgan fingerprint density at radius 3 is 2.70 bits per heavy atom. The highest BCUT2D eigenvalue weighted by atomic mass is 32.1. The van der Waals surface area contributed by atoms with Gasteiger partial charge in [0.1, 0.15) is 12.2 Å². The minimum atomic E-state index is -0.0964. The van der Waals surface area contributed by atoms with Gasteiger partial charge < -0.3 is 14.4 Å². The van der Waals surface area contributed by atoms with Crippen LogP contribution < -0.4 is 0 Å². The van der Waals surface area contributed by atoms with Crippen molar-refractivity contribution < 1.29 is 9.59 Å². The molecule has 2 saturated heterocycles. The second kappa shape index (κ2) is 7.80. The van der Waals surface area contributed by atoms with Crippen LogP contribution in [-0.4, -0.2) is 62.6 Å². The molecule has 144 valence electrons. The van der Waals surface area contributed by atoms with Gasteiger partial charge in [0.2, 0.25) is 5.91 Å². The molecule has 2 aliphatic heterocycles. The summed E-state index contributed by atoms with van der Waals surface area (Å²) in [5, 5.41) is 10.1. The maximum atomic E-state index is 13.2. The molecule has 4 heterocycles. The first kappa shape index (κ1) is 18.2. The van der Waals surface area contributed by atoms with Gasteiger partial charge in [-0.25, -0.2) is 0 Å². The van der Waals surface area contributed by atoms with Gasteiger partial charge in [0, 0.05) is 39.1 Å². The van der Waals surface area contributed by atoms with Crippen molar-refractivity contribution in [2.75, 3.05) is 26.2 Å². The van der Waals surface area contributed by atoms with Gasteiger partial charge in [-0.05, 0) is 37.1 Å². The number of thiophene rings is 1. The molecule has 2 aromatic rings. The van der Waals surface area contributed by atoms with E-state index in [0.717, 1.165) is 49.5 Å². The lowest BCUT2D eigenvalue weighted by molar-refractivity contribution is -0.138. The highest BCUT2D eigenvalue weighted by Crippen LogP contribution is 2.28. The number of hydrogen-bond acceptors (Lipinski definition) is 5. The minimum Gasteiger partial charge on any atom is -0.342 e. The third kappa shape index (κ3) is 3.76. The number of aryl methyl sites for hydroxylation is 1. The SMILES string of the molecule is Cn1cnnc1[C@H]1CCCN(C(=O)[C@@H]2CCCN(C(=O)c3cccs3)C2)C1. The van der Waals surface area contributed by atoms with E-state index in [1.165, 1.54) is 11.3 Å². The topological polar surface area (TPSA) is 71.3 Å². The quantitative estimate of drug-likeness (QED) is 0.809. The van der Waals surface area contributed by atoms with E-state index in [1.807, 2.05) is 38.9 Å². The molecule has 0 saturated carbocycles. The van der Waals surface area contributed by atoms with E-state index in [9.17, 15) is 9.59 Å². The molecule has 0 radical (unpaired) electrons. The normalized spacial score (nSPS) is 23.4. The monoisotopic (exact) mass is 387 g/mol. The Bertz CT molecular complexity index is 803. The van der Waals surface area contributed by atoms with Crippen LogP contribution in [0.1, 0.15) is 47.1 Å². The van der Waals surface area contributed by atoms with Gasteiger partial charge in [0.25, 0.3) is 5.91 Å². The zero-order chi connectivity index (χ0) is 18.8. The van der Waals surface area contributed by atoms with Crippen molar-refractivity contribution >= 4 is 23.2 Å². The van der Waals surface area contributed by atoms with Gasteiger partial charge in [0.05, 0.1) is 10.8 Å². The molecule has 2 atom stereocenters. The summed E-state index contributed by atoms with van der Waals surface area (Å²) in [4.78, 5) is 30.4. The van der Waals surface area contributed by atoms with Crippen LogP contribution in [0.4, 0.5) is 0 Å². The second-order valence-corrected chi connectivity index (χ2v) is 8.44. The fourth-order valence-electron chi connectivity index (χ4n) is 4.23. The molecule has 8 heteroatoms. The third-order valence-electron chi connectivity index (χ3n) is 5.63. The first-order chi connectivity index (χ1) is 13.1. The molecule has 2 fully saturated rings. The zero-order valence-electron chi connectivity index (χ0n) is 15.6. The van der Waals surface area contributed by atoms with E-state index in [2.05, 4.69) is 10.2 Å². The Morgan fingerprint density at radius 1 is 1.15 bits per heavy atom. The van der Waals surface area contributed by atoms with Gasteiger partial charge in [0.15, 0.2) is 0 Å². The third-order valence-corrected chi connectivity index (χ3v) is 6.49. The highest BCUT2D eigenvalue weighted by molar-refractivity contribution is 7.12. The van der Waals surface area contributed by atoms with Crippen molar-refractivity contribution in [1.82, 2.24) is 24.6 Å². The number of carbonyl (C=O) groups is 2. The van der Waals surface area contributed by atoms with Crippen molar-refractivity contribution in [2.24, 2.45) is 13.0 Å². The summed E-state index contributed by atoms with van der Waals surface area (Å²) in [5.74, 6) is 1.33. The number of carbonyl (C=O) groups excluding carboxylic acids is 2. The second-order valence-electron chi connectivity index (χ2n) is 7.49. The minimum absolute atomic E-state index is 0.0538. The summed E-state index contributed by atoms with van der Waals surface area (Å²) in [6, 6.07) is 3.75. The number of nitrogens with zero attached hydrogens (tertiary/aromatic N) is 5.